The van der Waals surface area contributed by atoms with E-state index in [4.69, 9.17) is 0 Å². The van der Waals surface area contributed by atoms with E-state index < -0.39 is 0 Å². The molecule has 2 aromatic carbocycles. The van der Waals surface area contributed by atoms with Gasteiger partial charge in [-0.2, -0.15) is 4.37 Å². The Morgan fingerprint density at radius 2 is 2.05 bits per heavy atom. The molecule has 0 saturated carbocycles. The topological polar surface area (TPSA) is 24.9 Å². The number of hydrogen-bond donors (Lipinski definition) is 1. The third kappa shape index (κ3) is 2.62. The summed E-state index contributed by atoms with van der Waals surface area (Å²) in [6, 6.07) is 12.9. The second-order valence-electron chi connectivity index (χ2n) is 4.12. The molecule has 1 N–H and O–H groups in total. The normalized spacial score (nSPS) is 10.8. The minimum Gasteiger partial charge on any atom is -0.371 e. The molecule has 2 nitrogen and oxygen atoms in total. The van der Waals surface area contributed by atoms with Crippen LogP contribution in [-0.4, -0.2) is 4.37 Å². The number of rotatable bonds is 3. The lowest BCUT2D eigenvalue weighted by atomic mass is 10.2. The SMILES string of the molecule is Fc1ccc(Br)cc1CNc1snc2ccccc12. The van der Waals surface area contributed by atoms with Crippen molar-refractivity contribution in [2.75, 3.05) is 5.32 Å². The molecule has 0 amide bonds. The molecule has 3 rings (SSSR count). The zero-order chi connectivity index (χ0) is 13.2. The van der Waals surface area contributed by atoms with Crippen LogP contribution in [0, 0.1) is 5.82 Å². The van der Waals surface area contributed by atoms with E-state index in [9.17, 15) is 4.39 Å². The summed E-state index contributed by atoms with van der Waals surface area (Å²) in [5, 5.41) is 5.29. The molecule has 1 heterocycles. The maximum absolute atomic E-state index is 13.6. The highest BCUT2D eigenvalue weighted by Gasteiger charge is 2.07. The van der Waals surface area contributed by atoms with Gasteiger partial charge in [0, 0.05) is 22.0 Å². The molecule has 0 aliphatic heterocycles. The third-order valence-corrected chi connectivity index (χ3v) is 4.16. The van der Waals surface area contributed by atoms with Crippen molar-refractivity contribution in [1.29, 1.82) is 0 Å². The number of aromatic nitrogens is 1. The van der Waals surface area contributed by atoms with Gasteiger partial charge >= 0.3 is 0 Å². The molecule has 0 spiro atoms. The molecule has 96 valence electrons. The highest BCUT2D eigenvalue weighted by atomic mass is 79.9. The van der Waals surface area contributed by atoms with Crippen LogP contribution in [0.25, 0.3) is 10.9 Å². The maximum atomic E-state index is 13.6. The molecule has 0 fully saturated rings. The summed E-state index contributed by atoms with van der Waals surface area (Å²) in [6.07, 6.45) is 0. The number of fused-ring (bicyclic) bond motifs is 1. The van der Waals surface area contributed by atoms with E-state index in [-0.39, 0.29) is 5.82 Å². The van der Waals surface area contributed by atoms with Crippen molar-refractivity contribution in [1.82, 2.24) is 4.37 Å². The highest BCUT2D eigenvalue weighted by molar-refractivity contribution is 9.10. The molecule has 0 atom stereocenters. The maximum Gasteiger partial charge on any atom is 0.128 e. The van der Waals surface area contributed by atoms with Gasteiger partial charge in [0.25, 0.3) is 0 Å². The van der Waals surface area contributed by atoms with Crippen LogP contribution in [0.4, 0.5) is 9.39 Å². The molecule has 3 aromatic rings. The molecular weight excluding hydrogens is 327 g/mol. The number of benzene rings is 2. The molecule has 0 bridgehead atoms. The van der Waals surface area contributed by atoms with Crippen LogP contribution in [0.1, 0.15) is 5.56 Å². The lowest BCUT2D eigenvalue weighted by Crippen LogP contribution is -2.00. The Labute approximate surface area is 122 Å². The summed E-state index contributed by atoms with van der Waals surface area (Å²) in [6.45, 7) is 0.442. The van der Waals surface area contributed by atoms with Gasteiger partial charge in [-0.1, -0.05) is 28.1 Å². The molecule has 0 aliphatic carbocycles. The van der Waals surface area contributed by atoms with Gasteiger partial charge in [0.2, 0.25) is 0 Å². The van der Waals surface area contributed by atoms with Crippen LogP contribution >= 0.6 is 27.5 Å². The van der Waals surface area contributed by atoms with Gasteiger partial charge in [-0.15, -0.1) is 0 Å². The minimum absolute atomic E-state index is 0.204. The third-order valence-electron chi connectivity index (χ3n) is 2.83. The molecular formula is C14H10BrFN2S. The van der Waals surface area contributed by atoms with E-state index in [0.717, 1.165) is 20.4 Å². The monoisotopic (exact) mass is 336 g/mol. The Morgan fingerprint density at radius 3 is 2.95 bits per heavy atom. The Balaban J connectivity index is 1.84. The molecule has 0 aliphatic rings. The van der Waals surface area contributed by atoms with Crippen LogP contribution in [0.2, 0.25) is 0 Å². The fourth-order valence-electron chi connectivity index (χ4n) is 1.87. The predicted octanol–water partition coefficient (Wildman–Crippen LogP) is 4.81. The first-order chi connectivity index (χ1) is 9.24. The highest BCUT2D eigenvalue weighted by Crippen LogP contribution is 2.28. The number of halogens is 2. The van der Waals surface area contributed by atoms with E-state index in [1.165, 1.54) is 17.6 Å². The molecule has 19 heavy (non-hydrogen) atoms. The van der Waals surface area contributed by atoms with Crippen LogP contribution < -0.4 is 5.32 Å². The fourth-order valence-corrected chi connectivity index (χ4v) is 3.04. The lowest BCUT2D eigenvalue weighted by molar-refractivity contribution is 0.612. The van der Waals surface area contributed by atoms with Gasteiger partial charge in [0.15, 0.2) is 0 Å². The standard InChI is InChI=1S/C14H10BrFN2S/c15-10-5-6-12(16)9(7-10)8-17-14-11-3-1-2-4-13(11)18-19-14/h1-7,17H,8H2. The van der Waals surface area contributed by atoms with Crippen LogP contribution in [0.15, 0.2) is 46.9 Å². The van der Waals surface area contributed by atoms with Crippen molar-refractivity contribution >= 4 is 43.4 Å². The number of hydrogen-bond acceptors (Lipinski definition) is 3. The predicted molar refractivity (Wildman–Crippen MR) is 81.0 cm³/mol. The van der Waals surface area contributed by atoms with Crippen LogP contribution in [0.3, 0.4) is 0 Å². The van der Waals surface area contributed by atoms with Gasteiger partial charge in [0.1, 0.15) is 10.8 Å². The average Bonchev–Trinajstić information content (AvgIpc) is 2.83. The zero-order valence-electron chi connectivity index (χ0n) is 9.86. The van der Waals surface area contributed by atoms with Crippen LogP contribution in [0.5, 0.6) is 0 Å². The van der Waals surface area contributed by atoms with Crippen molar-refractivity contribution in [2.24, 2.45) is 0 Å². The molecule has 0 saturated heterocycles. The Kier molecular flexibility index (Phi) is 3.48. The number of nitrogens with zero attached hydrogens (tertiary/aromatic N) is 1. The number of nitrogens with one attached hydrogen (secondary N) is 1. The van der Waals surface area contributed by atoms with Gasteiger partial charge in [-0.25, -0.2) is 4.39 Å². The quantitative estimate of drug-likeness (QED) is 0.742. The minimum atomic E-state index is -0.204. The fraction of sp³-hybridized carbons (Fsp3) is 0.0714. The summed E-state index contributed by atoms with van der Waals surface area (Å²) in [7, 11) is 0. The molecule has 1 aromatic heterocycles. The van der Waals surface area contributed by atoms with Crippen molar-refractivity contribution in [2.45, 2.75) is 6.54 Å². The zero-order valence-corrected chi connectivity index (χ0v) is 12.3. The first kappa shape index (κ1) is 12.6. The Bertz CT molecular complexity index is 726. The average molecular weight is 337 g/mol. The summed E-state index contributed by atoms with van der Waals surface area (Å²) in [4.78, 5) is 0. The summed E-state index contributed by atoms with van der Waals surface area (Å²) in [5.41, 5.74) is 1.59. The van der Waals surface area contributed by atoms with Gasteiger partial charge in [0.05, 0.1) is 5.52 Å². The molecule has 5 heteroatoms. The second-order valence-corrected chi connectivity index (χ2v) is 5.81. The van der Waals surface area contributed by atoms with Crippen LogP contribution in [-0.2, 0) is 6.54 Å². The summed E-state index contributed by atoms with van der Waals surface area (Å²) in [5.74, 6) is -0.204. The van der Waals surface area contributed by atoms with Crippen molar-refractivity contribution < 1.29 is 4.39 Å². The lowest BCUT2D eigenvalue weighted by Gasteiger charge is -2.06. The van der Waals surface area contributed by atoms with E-state index in [1.54, 1.807) is 12.1 Å². The van der Waals surface area contributed by atoms with Gasteiger partial charge < -0.3 is 5.32 Å². The van der Waals surface area contributed by atoms with E-state index in [0.29, 0.717) is 12.1 Å². The van der Waals surface area contributed by atoms with Gasteiger partial charge in [-0.3, -0.25) is 0 Å². The molecule has 0 radical (unpaired) electrons. The first-order valence-corrected chi connectivity index (χ1v) is 7.33. The first-order valence-electron chi connectivity index (χ1n) is 5.76. The number of anilines is 1. The molecule has 0 unspecified atom stereocenters. The summed E-state index contributed by atoms with van der Waals surface area (Å²) >= 11 is 4.75. The largest absolute Gasteiger partial charge is 0.371 e. The van der Waals surface area contributed by atoms with Crippen molar-refractivity contribution in [3.05, 3.63) is 58.3 Å². The van der Waals surface area contributed by atoms with Crippen molar-refractivity contribution in [3.8, 4) is 0 Å². The van der Waals surface area contributed by atoms with Crippen molar-refractivity contribution in [3.63, 3.8) is 0 Å². The summed E-state index contributed by atoms with van der Waals surface area (Å²) < 4.78 is 18.9. The van der Waals surface area contributed by atoms with E-state index in [2.05, 4.69) is 25.6 Å². The van der Waals surface area contributed by atoms with Gasteiger partial charge in [-0.05, 0) is 41.9 Å². The van der Waals surface area contributed by atoms with E-state index in [1.807, 2.05) is 24.3 Å². The Morgan fingerprint density at radius 1 is 1.21 bits per heavy atom. The van der Waals surface area contributed by atoms with E-state index >= 15 is 0 Å². The second kappa shape index (κ2) is 5.27. The smallest absolute Gasteiger partial charge is 0.128 e. The Hall–Kier alpha value is -1.46.